The number of hydrogen-bond acceptors (Lipinski definition) is 5. The Morgan fingerprint density at radius 2 is 1.95 bits per heavy atom. The second kappa shape index (κ2) is 5.35. The van der Waals surface area contributed by atoms with E-state index in [0.717, 1.165) is 5.69 Å². The molecule has 1 aromatic carbocycles. The predicted octanol–water partition coefficient (Wildman–Crippen LogP) is 4.00. The molecule has 106 valence electrons. The molecule has 0 bridgehead atoms. The van der Waals surface area contributed by atoms with Crippen LogP contribution in [0, 0.1) is 6.92 Å². The normalized spacial score (nSPS) is 10.8. The van der Waals surface area contributed by atoms with Gasteiger partial charge >= 0.3 is 0 Å². The maximum atomic E-state index is 6.00. The van der Waals surface area contributed by atoms with Gasteiger partial charge in [0.1, 0.15) is 5.69 Å². The first kappa shape index (κ1) is 13.9. The summed E-state index contributed by atoms with van der Waals surface area (Å²) in [6, 6.07) is 8.75. The van der Waals surface area contributed by atoms with Crippen LogP contribution in [0.4, 0.5) is 5.69 Å². The van der Waals surface area contributed by atoms with Crippen molar-refractivity contribution in [3.63, 3.8) is 0 Å². The SMILES string of the molecule is Cc1cccc(-c2noc(-c3cc(Cl)cc(Cl)c3N)n2)n1. The molecule has 0 atom stereocenters. The lowest BCUT2D eigenvalue weighted by Gasteiger charge is -2.03. The molecule has 0 saturated heterocycles. The number of aryl methyl sites for hydroxylation is 1. The van der Waals surface area contributed by atoms with Gasteiger partial charge in [0.05, 0.1) is 16.3 Å². The monoisotopic (exact) mass is 320 g/mol. The molecule has 0 radical (unpaired) electrons. The van der Waals surface area contributed by atoms with Gasteiger partial charge in [0.25, 0.3) is 5.89 Å². The largest absolute Gasteiger partial charge is 0.397 e. The zero-order chi connectivity index (χ0) is 15.0. The molecule has 0 amide bonds. The molecule has 0 unspecified atom stereocenters. The Labute approximate surface area is 130 Å². The van der Waals surface area contributed by atoms with Crippen LogP contribution in [0.5, 0.6) is 0 Å². The Morgan fingerprint density at radius 3 is 2.71 bits per heavy atom. The lowest BCUT2D eigenvalue weighted by Crippen LogP contribution is -1.92. The van der Waals surface area contributed by atoms with Crippen LogP contribution in [0.15, 0.2) is 34.9 Å². The summed E-state index contributed by atoms with van der Waals surface area (Å²) < 4.78 is 5.24. The zero-order valence-corrected chi connectivity index (χ0v) is 12.5. The fourth-order valence-electron chi connectivity index (χ4n) is 1.87. The summed E-state index contributed by atoms with van der Waals surface area (Å²) in [6.45, 7) is 1.89. The van der Waals surface area contributed by atoms with E-state index in [0.29, 0.717) is 32.8 Å². The average Bonchev–Trinajstić information content (AvgIpc) is 2.92. The van der Waals surface area contributed by atoms with Crippen molar-refractivity contribution < 1.29 is 4.52 Å². The summed E-state index contributed by atoms with van der Waals surface area (Å²) in [4.78, 5) is 8.64. The average molecular weight is 321 g/mol. The van der Waals surface area contributed by atoms with Crippen molar-refractivity contribution in [2.75, 3.05) is 5.73 Å². The second-order valence-corrected chi connectivity index (χ2v) is 5.28. The van der Waals surface area contributed by atoms with Crippen molar-refractivity contribution in [1.29, 1.82) is 0 Å². The van der Waals surface area contributed by atoms with Gasteiger partial charge < -0.3 is 10.3 Å². The van der Waals surface area contributed by atoms with Crippen molar-refractivity contribution >= 4 is 28.9 Å². The summed E-state index contributed by atoms with van der Waals surface area (Å²) in [5.74, 6) is 0.624. The number of hydrogen-bond donors (Lipinski definition) is 1. The standard InChI is InChI=1S/C14H10Cl2N4O/c1-7-3-2-4-11(18-7)13-19-14(21-20-13)9-5-8(15)6-10(16)12(9)17/h2-6H,17H2,1H3. The molecule has 0 spiro atoms. The molecular formula is C14H10Cl2N4O. The molecule has 3 aromatic rings. The van der Waals surface area contributed by atoms with E-state index in [2.05, 4.69) is 15.1 Å². The minimum absolute atomic E-state index is 0.246. The van der Waals surface area contributed by atoms with Crippen molar-refractivity contribution in [2.45, 2.75) is 6.92 Å². The van der Waals surface area contributed by atoms with Crippen molar-refractivity contribution in [1.82, 2.24) is 15.1 Å². The number of nitrogens with zero attached hydrogens (tertiary/aromatic N) is 3. The molecule has 0 aliphatic carbocycles. The Bertz CT molecular complexity index is 816. The number of pyridine rings is 1. The van der Waals surface area contributed by atoms with Gasteiger partial charge in [-0.3, -0.25) is 0 Å². The van der Waals surface area contributed by atoms with Gasteiger partial charge in [-0.25, -0.2) is 4.98 Å². The maximum Gasteiger partial charge on any atom is 0.260 e. The van der Waals surface area contributed by atoms with E-state index in [1.165, 1.54) is 0 Å². The van der Waals surface area contributed by atoms with E-state index in [-0.39, 0.29) is 5.89 Å². The highest BCUT2D eigenvalue weighted by Crippen LogP contribution is 2.34. The summed E-state index contributed by atoms with van der Waals surface area (Å²) in [7, 11) is 0. The molecule has 7 heteroatoms. The third-order valence-corrected chi connectivity index (χ3v) is 3.40. The van der Waals surface area contributed by atoms with Gasteiger partial charge in [0, 0.05) is 10.7 Å². The zero-order valence-electron chi connectivity index (χ0n) is 11.0. The Hall–Kier alpha value is -2.11. The second-order valence-electron chi connectivity index (χ2n) is 4.44. The molecule has 2 aromatic heterocycles. The van der Waals surface area contributed by atoms with E-state index in [9.17, 15) is 0 Å². The highest BCUT2D eigenvalue weighted by molar-refractivity contribution is 6.37. The first-order chi connectivity index (χ1) is 10.0. The molecular weight excluding hydrogens is 311 g/mol. The highest BCUT2D eigenvalue weighted by atomic mass is 35.5. The maximum absolute atomic E-state index is 6.00. The van der Waals surface area contributed by atoms with E-state index in [4.69, 9.17) is 33.5 Å². The van der Waals surface area contributed by atoms with E-state index in [1.807, 2.05) is 19.1 Å². The first-order valence-electron chi connectivity index (χ1n) is 6.07. The van der Waals surface area contributed by atoms with Crippen LogP contribution in [0.25, 0.3) is 23.0 Å². The van der Waals surface area contributed by atoms with Crippen LogP contribution in [-0.2, 0) is 0 Å². The van der Waals surface area contributed by atoms with Crippen molar-refractivity contribution in [3.05, 3.63) is 46.1 Å². The van der Waals surface area contributed by atoms with Crippen LogP contribution >= 0.6 is 23.2 Å². The Balaban J connectivity index is 2.07. The van der Waals surface area contributed by atoms with E-state index >= 15 is 0 Å². The number of benzene rings is 1. The number of anilines is 1. The minimum atomic E-state index is 0.246. The van der Waals surface area contributed by atoms with Gasteiger partial charge in [-0.05, 0) is 31.2 Å². The van der Waals surface area contributed by atoms with Crippen molar-refractivity contribution in [2.24, 2.45) is 0 Å². The lowest BCUT2D eigenvalue weighted by atomic mass is 10.2. The van der Waals surface area contributed by atoms with Gasteiger partial charge in [0.2, 0.25) is 5.82 Å². The molecule has 21 heavy (non-hydrogen) atoms. The third kappa shape index (κ3) is 2.70. The number of rotatable bonds is 2. The highest BCUT2D eigenvalue weighted by Gasteiger charge is 2.16. The Morgan fingerprint density at radius 1 is 1.14 bits per heavy atom. The van der Waals surface area contributed by atoms with Gasteiger partial charge in [0.15, 0.2) is 0 Å². The first-order valence-corrected chi connectivity index (χ1v) is 6.83. The van der Waals surface area contributed by atoms with Crippen LogP contribution in [0.2, 0.25) is 10.0 Å². The number of halogens is 2. The smallest absolute Gasteiger partial charge is 0.260 e. The topological polar surface area (TPSA) is 77.8 Å². The molecule has 0 aliphatic heterocycles. The van der Waals surface area contributed by atoms with Gasteiger partial charge in [-0.15, -0.1) is 0 Å². The molecule has 0 fully saturated rings. The minimum Gasteiger partial charge on any atom is -0.397 e. The number of nitrogens with two attached hydrogens (primary N) is 1. The third-order valence-electron chi connectivity index (χ3n) is 2.87. The summed E-state index contributed by atoms with van der Waals surface area (Å²) in [6.07, 6.45) is 0. The summed E-state index contributed by atoms with van der Waals surface area (Å²) >= 11 is 12.0. The molecule has 2 heterocycles. The number of aromatic nitrogens is 3. The van der Waals surface area contributed by atoms with Gasteiger partial charge in [-0.2, -0.15) is 4.98 Å². The number of nitrogen functional groups attached to an aromatic ring is 1. The van der Waals surface area contributed by atoms with Crippen molar-refractivity contribution in [3.8, 4) is 23.0 Å². The van der Waals surface area contributed by atoms with E-state index in [1.54, 1.807) is 18.2 Å². The quantitative estimate of drug-likeness (QED) is 0.722. The molecule has 0 aliphatic rings. The fraction of sp³-hybridized carbons (Fsp3) is 0.0714. The summed E-state index contributed by atoms with van der Waals surface area (Å²) in [5, 5.41) is 4.70. The van der Waals surface area contributed by atoms with Gasteiger partial charge in [-0.1, -0.05) is 34.4 Å². The molecule has 5 nitrogen and oxygen atoms in total. The fourth-order valence-corrected chi connectivity index (χ4v) is 2.36. The lowest BCUT2D eigenvalue weighted by molar-refractivity contribution is 0.432. The molecule has 3 rings (SSSR count). The molecule has 0 saturated carbocycles. The summed E-state index contributed by atoms with van der Waals surface area (Å²) in [5.41, 5.74) is 8.25. The van der Waals surface area contributed by atoms with Crippen LogP contribution in [0.1, 0.15) is 5.69 Å². The van der Waals surface area contributed by atoms with Crippen LogP contribution < -0.4 is 5.73 Å². The van der Waals surface area contributed by atoms with E-state index < -0.39 is 0 Å². The van der Waals surface area contributed by atoms with Crippen LogP contribution in [0.3, 0.4) is 0 Å². The predicted molar refractivity (Wildman–Crippen MR) is 82.1 cm³/mol. The Kier molecular flexibility index (Phi) is 3.53. The van der Waals surface area contributed by atoms with Crippen LogP contribution in [-0.4, -0.2) is 15.1 Å². The molecule has 2 N–H and O–H groups in total.